The minimum atomic E-state index is -3.43. The van der Waals surface area contributed by atoms with Crippen LogP contribution < -0.4 is 0 Å². The van der Waals surface area contributed by atoms with E-state index >= 15 is 0 Å². The smallest absolute Gasteiger partial charge is 0.244 e. The van der Waals surface area contributed by atoms with E-state index in [1.54, 1.807) is 23.9 Å². The van der Waals surface area contributed by atoms with Crippen LogP contribution in [0.1, 0.15) is 25.0 Å². The summed E-state index contributed by atoms with van der Waals surface area (Å²) in [5.41, 5.74) is 2.46. The maximum Gasteiger partial charge on any atom is 0.244 e. The van der Waals surface area contributed by atoms with Crippen molar-refractivity contribution in [2.45, 2.75) is 36.4 Å². The molecular weight excluding hydrogens is 328 g/mol. The molecule has 124 valence electrons. The van der Waals surface area contributed by atoms with Crippen LogP contribution in [-0.4, -0.2) is 30.8 Å². The number of rotatable bonds is 7. The summed E-state index contributed by atoms with van der Waals surface area (Å²) in [4.78, 5) is 4.54. The second-order valence-electron chi connectivity index (χ2n) is 5.20. The maximum atomic E-state index is 12.4. The average Bonchev–Trinajstić information content (AvgIpc) is 2.55. The van der Waals surface area contributed by atoms with E-state index in [1.807, 2.05) is 13.8 Å². The second-order valence-corrected chi connectivity index (χ2v) is 8.13. The summed E-state index contributed by atoms with van der Waals surface area (Å²) in [5, 5.41) is 0.823. The summed E-state index contributed by atoms with van der Waals surface area (Å²) in [6, 6.07) is 11.8. The van der Waals surface area contributed by atoms with Gasteiger partial charge in [0.15, 0.2) is 0 Å². The molecule has 0 saturated carbocycles. The van der Waals surface area contributed by atoms with E-state index in [0.29, 0.717) is 13.1 Å². The van der Waals surface area contributed by atoms with Gasteiger partial charge in [0.25, 0.3) is 0 Å². The average molecular weight is 351 g/mol. The number of hydrogen-bond acceptors (Lipinski definition) is 4. The highest BCUT2D eigenvalue weighted by Crippen LogP contribution is 2.23. The van der Waals surface area contributed by atoms with Gasteiger partial charge in [0.1, 0.15) is 4.90 Å². The number of sulfonamides is 1. The summed E-state index contributed by atoms with van der Waals surface area (Å²) in [6.45, 7) is 6.65. The second kappa shape index (κ2) is 7.95. The molecule has 23 heavy (non-hydrogen) atoms. The van der Waals surface area contributed by atoms with Gasteiger partial charge in [0, 0.05) is 25.0 Å². The Morgan fingerprint density at radius 3 is 2.22 bits per heavy atom. The number of benzene rings is 1. The lowest BCUT2D eigenvalue weighted by Gasteiger charge is -2.18. The summed E-state index contributed by atoms with van der Waals surface area (Å²) in [6.07, 6.45) is 1.45. The van der Waals surface area contributed by atoms with Crippen molar-refractivity contribution < 1.29 is 8.42 Å². The van der Waals surface area contributed by atoms with Gasteiger partial charge in [-0.1, -0.05) is 43.7 Å². The number of aromatic nitrogens is 1. The molecule has 4 nitrogen and oxygen atoms in total. The van der Waals surface area contributed by atoms with Crippen molar-refractivity contribution in [1.82, 2.24) is 9.29 Å². The molecule has 0 amide bonds. The van der Waals surface area contributed by atoms with Gasteiger partial charge in [-0.25, -0.2) is 13.4 Å². The maximum absolute atomic E-state index is 12.4. The molecule has 2 aromatic rings. The Balaban J connectivity index is 2.06. The minimum Gasteiger partial charge on any atom is -0.249 e. The van der Waals surface area contributed by atoms with Crippen LogP contribution in [0.25, 0.3) is 0 Å². The van der Waals surface area contributed by atoms with Crippen molar-refractivity contribution in [2.24, 2.45) is 0 Å². The van der Waals surface area contributed by atoms with Crippen molar-refractivity contribution >= 4 is 21.8 Å². The summed E-state index contributed by atoms with van der Waals surface area (Å²) < 4.78 is 26.2. The van der Waals surface area contributed by atoms with Crippen LogP contribution in [0.2, 0.25) is 0 Å². The Bertz CT molecular complexity index is 722. The zero-order valence-corrected chi connectivity index (χ0v) is 15.3. The van der Waals surface area contributed by atoms with Crippen LogP contribution in [0.15, 0.2) is 52.5 Å². The van der Waals surface area contributed by atoms with Gasteiger partial charge in [-0.05, 0) is 24.6 Å². The summed E-state index contributed by atoms with van der Waals surface area (Å²) >= 11 is 1.60. The number of hydrogen-bond donors (Lipinski definition) is 0. The highest BCUT2D eigenvalue weighted by atomic mass is 32.2. The molecule has 0 aliphatic rings. The van der Waals surface area contributed by atoms with Gasteiger partial charge < -0.3 is 0 Å². The van der Waals surface area contributed by atoms with Gasteiger partial charge in [0.2, 0.25) is 10.0 Å². The Labute approximate surface area is 143 Å². The number of pyridine rings is 1. The Hall–Kier alpha value is -1.37. The van der Waals surface area contributed by atoms with Gasteiger partial charge in [0.05, 0.1) is 5.03 Å². The lowest BCUT2D eigenvalue weighted by Crippen LogP contribution is -2.30. The molecule has 6 heteroatoms. The van der Waals surface area contributed by atoms with E-state index < -0.39 is 10.0 Å². The van der Waals surface area contributed by atoms with E-state index in [2.05, 4.69) is 36.2 Å². The first-order chi connectivity index (χ1) is 11.0. The Morgan fingerprint density at radius 2 is 1.70 bits per heavy atom. The Morgan fingerprint density at radius 1 is 1.04 bits per heavy atom. The molecule has 1 aromatic carbocycles. The SMILES string of the molecule is CCN(CC)S(=O)(=O)c1ccc(SCc2ccc(C)cc2)nc1. The molecule has 0 saturated heterocycles. The van der Waals surface area contributed by atoms with Crippen LogP contribution in [0.3, 0.4) is 0 Å². The van der Waals surface area contributed by atoms with Crippen molar-refractivity contribution in [3.8, 4) is 0 Å². The molecule has 0 bridgehead atoms. The third-order valence-corrected chi connectivity index (χ3v) is 6.61. The van der Waals surface area contributed by atoms with Gasteiger partial charge in [-0.3, -0.25) is 0 Å². The first-order valence-corrected chi connectivity index (χ1v) is 10.0. The van der Waals surface area contributed by atoms with E-state index in [4.69, 9.17) is 0 Å². The minimum absolute atomic E-state index is 0.251. The molecule has 0 aliphatic carbocycles. The van der Waals surface area contributed by atoms with Crippen molar-refractivity contribution in [3.63, 3.8) is 0 Å². The van der Waals surface area contributed by atoms with Crippen LogP contribution >= 0.6 is 11.8 Å². The molecule has 0 aliphatic heterocycles. The molecule has 0 radical (unpaired) electrons. The van der Waals surface area contributed by atoms with Gasteiger partial charge in [-0.2, -0.15) is 4.31 Å². The standard InChI is InChI=1S/C17H22N2O2S2/c1-4-19(5-2)23(20,21)16-10-11-17(18-12-16)22-13-15-8-6-14(3)7-9-15/h6-12H,4-5,13H2,1-3H3. The highest BCUT2D eigenvalue weighted by molar-refractivity contribution is 7.98. The predicted molar refractivity (Wildman–Crippen MR) is 95.1 cm³/mol. The number of thioether (sulfide) groups is 1. The zero-order chi connectivity index (χ0) is 16.9. The molecule has 0 atom stereocenters. The fourth-order valence-electron chi connectivity index (χ4n) is 2.16. The number of aryl methyl sites for hydroxylation is 1. The van der Waals surface area contributed by atoms with Crippen molar-refractivity contribution in [1.29, 1.82) is 0 Å². The topological polar surface area (TPSA) is 50.3 Å². The van der Waals surface area contributed by atoms with Crippen LogP contribution in [-0.2, 0) is 15.8 Å². The van der Waals surface area contributed by atoms with E-state index in [-0.39, 0.29) is 4.90 Å². The lowest BCUT2D eigenvalue weighted by molar-refractivity contribution is 0.445. The van der Waals surface area contributed by atoms with Gasteiger partial charge >= 0.3 is 0 Å². The van der Waals surface area contributed by atoms with Crippen molar-refractivity contribution in [3.05, 3.63) is 53.7 Å². The Kier molecular flexibility index (Phi) is 6.21. The lowest BCUT2D eigenvalue weighted by atomic mass is 10.2. The molecule has 2 rings (SSSR count). The third-order valence-electron chi connectivity index (χ3n) is 3.56. The molecule has 1 heterocycles. The first kappa shape index (κ1) is 18.0. The third kappa shape index (κ3) is 4.56. The van der Waals surface area contributed by atoms with E-state index in [0.717, 1.165) is 10.8 Å². The molecule has 0 unspecified atom stereocenters. The van der Waals surface area contributed by atoms with Gasteiger partial charge in [-0.15, -0.1) is 11.8 Å². The molecule has 0 spiro atoms. The quantitative estimate of drug-likeness (QED) is 0.714. The largest absolute Gasteiger partial charge is 0.249 e. The van der Waals surface area contributed by atoms with Crippen LogP contribution in [0.5, 0.6) is 0 Å². The summed E-state index contributed by atoms with van der Waals surface area (Å²) in [7, 11) is -3.43. The fourth-order valence-corrected chi connectivity index (χ4v) is 4.36. The summed E-state index contributed by atoms with van der Waals surface area (Å²) in [5.74, 6) is 0.815. The normalized spacial score (nSPS) is 11.8. The molecule has 1 aromatic heterocycles. The predicted octanol–water partition coefficient (Wildman–Crippen LogP) is 3.71. The molecule has 0 fully saturated rings. The van der Waals surface area contributed by atoms with Crippen molar-refractivity contribution in [2.75, 3.05) is 13.1 Å². The van der Waals surface area contributed by atoms with E-state index in [9.17, 15) is 8.42 Å². The van der Waals surface area contributed by atoms with Crippen LogP contribution in [0, 0.1) is 6.92 Å². The molecular formula is C17H22N2O2S2. The molecule has 0 N–H and O–H groups in total. The number of nitrogens with zero attached hydrogens (tertiary/aromatic N) is 2. The first-order valence-electron chi connectivity index (χ1n) is 7.62. The monoisotopic (exact) mass is 350 g/mol. The highest BCUT2D eigenvalue weighted by Gasteiger charge is 2.21. The van der Waals surface area contributed by atoms with Crippen LogP contribution in [0.4, 0.5) is 0 Å². The fraction of sp³-hybridized carbons (Fsp3) is 0.353. The van der Waals surface area contributed by atoms with E-state index in [1.165, 1.54) is 21.6 Å². The zero-order valence-electron chi connectivity index (χ0n) is 13.7.